The third-order valence-corrected chi connectivity index (χ3v) is 6.53. The number of anilines is 1. The second-order valence-corrected chi connectivity index (χ2v) is 11.2. The maximum Gasteiger partial charge on any atom is 0.356 e. The van der Waals surface area contributed by atoms with E-state index in [4.69, 9.17) is 23.2 Å². The Morgan fingerprint density at radius 1 is 1.20 bits per heavy atom. The van der Waals surface area contributed by atoms with Crippen molar-refractivity contribution < 1.29 is 23.1 Å². The second kappa shape index (κ2) is 16.0. The molecule has 1 aromatic heterocycles. The van der Waals surface area contributed by atoms with Crippen molar-refractivity contribution in [3.05, 3.63) is 93.7 Å². The summed E-state index contributed by atoms with van der Waals surface area (Å²) in [4.78, 5) is 24.7. The molecule has 0 saturated carbocycles. The molecule has 3 unspecified atom stereocenters. The number of rotatable bonds is 5. The highest BCUT2D eigenvalue weighted by Gasteiger charge is 2.39. The van der Waals surface area contributed by atoms with Crippen LogP contribution >= 0.6 is 23.2 Å². The molecule has 218 valence electrons. The zero-order chi connectivity index (χ0) is 30.6. The summed E-state index contributed by atoms with van der Waals surface area (Å²) >= 11 is 11.3. The van der Waals surface area contributed by atoms with Crippen molar-refractivity contribution in [2.24, 2.45) is 11.3 Å². The van der Waals surface area contributed by atoms with E-state index >= 15 is 0 Å². The van der Waals surface area contributed by atoms with Crippen molar-refractivity contribution in [2.75, 3.05) is 19.0 Å². The number of esters is 1. The van der Waals surface area contributed by atoms with E-state index in [-0.39, 0.29) is 39.8 Å². The van der Waals surface area contributed by atoms with Crippen molar-refractivity contribution in [3.63, 3.8) is 0 Å². The SMILES string of the molecule is CC(C)(C)CC1NCC(c2cccc(Cl)c2F)C1C#N.COC(=O)c1ccc(NC=O)cn1.Fc1cccc(Cl)c1. The van der Waals surface area contributed by atoms with Crippen LogP contribution in [0.4, 0.5) is 14.5 Å². The van der Waals surface area contributed by atoms with Crippen LogP contribution in [-0.4, -0.2) is 37.1 Å². The van der Waals surface area contributed by atoms with E-state index in [1.54, 1.807) is 30.3 Å². The number of halogens is 4. The molecule has 11 heteroatoms. The highest BCUT2D eigenvalue weighted by Crippen LogP contribution is 2.38. The number of nitriles is 1. The van der Waals surface area contributed by atoms with Crippen LogP contribution in [0.2, 0.25) is 10.0 Å². The van der Waals surface area contributed by atoms with Gasteiger partial charge in [-0.05, 0) is 53.8 Å². The molecular formula is C30H32Cl2F2N4O3. The average Bonchev–Trinajstić information content (AvgIpc) is 3.31. The molecule has 1 saturated heterocycles. The van der Waals surface area contributed by atoms with E-state index in [9.17, 15) is 23.6 Å². The lowest BCUT2D eigenvalue weighted by Crippen LogP contribution is -2.31. The van der Waals surface area contributed by atoms with Gasteiger partial charge >= 0.3 is 5.97 Å². The Kier molecular flexibility index (Phi) is 13.1. The monoisotopic (exact) mass is 604 g/mol. The molecule has 0 aliphatic carbocycles. The first-order valence-corrected chi connectivity index (χ1v) is 13.4. The Morgan fingerprint density at radius 3 is 2.41 bits per heavy atom. The normalized spacial score (nSPS) is 17.6. The van der Waals surface area contributed by atoms with E-state index in [2.05, 4.69) is 47.2 Å². The van der Waals surface area contributed by atoms with Crippen LogP contribution in [0.5, 0.6) is 0 Å². The molecule has 2 N–H and O–H groups in total. The van der Waals surface area contributed by atoms with Crippen LogP contribution < -0.4 is 10.6 Å². The van der Waals surface area contributed by atoms with Gasteiger partial charge in [0, 0.05) is 23.5 Å². The molecule has 41 heavy (non-hydrogen) atoms. The Morgan fingerprint density at radius 2 is 1.90 bits per heavy atom. The molecule has 1 aliphatic rings. The van der Waals surface area contributed by atoms with E-state index in [1.165, 1.54) is 37.6 Å². The first kappa shape index (κ1) is 33.6. The Bertz CT molecular complexity index is 1330. The molecule has 1 amide bonds. The van der Waals surface area contributed by atoms with Gasteiger partial charge in [0.15, 0.2) is 0 Å². The highest BCUT2D eigenvalue weighted by atomic mass is 35.5. The summed E-state index contributed by atoms with van der Waals surface area (Å²) in [6.07, 6.45) is 2.80. The second-order valence-electron chi connectivity index (χ2n) is 10.3. The first-order chi connectivity index (χ1) is 19.4. The largest absolute Gasteiger partial charge is 0.464 e. The van der Waals surface area contributed by atoms with Crippen molar-refractivity contribution in [3.8, 4) is 6.07 Å². The molecule has 2 aromatic carbocycles. The number of nitrogens with zero attached hydrogens (tertiary/aromatic N) is 2. The van der Waals surface area contributed by atoms with Gasteiger partial charge in [0.25, 0.3) is 0 Å². The molecule has 7 nitrogen and oxygen atoms in total. The summed E-state index contributed by atoms with van der Waals surface area (Å²) in [5, 5.41) is 15.8. The minimum atomic E-state index is -0.502. The minimum absolute atomic E-state index is 0.100. The number of pyridine rings is 1. The van der Waals surface area contributed by atoms with E-state index in [0.29, 0.717) is 29.2 Å². The van der Waals surface area contributed by atoms with Gasteiger partial charge in [0.2, 0.25) is 6.41 Å². The fourth-order valence-electron chi connectivity index (χ4n) is 4.19. The van der Waals surface area contributed by atoms with Crippen molar-refractivity contribution >= 4 is 41.3 Å². The molecule has 2 heterocycles. The number of carbonyl (C=O) groups is 2. The van der Waals surface area contributed by atoms with E-state index in [1.807, 2.05) is 0 Å². The standard InChI is InChI=1S/C16H20ClFN2.C8H8N2O3.C6H4ClF/c1-16(2,3)7-14-11(8-19)12(9-20-14)10-5-4-6-13(17)15(10)18;1-13-8(12)7-3-2-6(4-9-7)10-5-11;7-5-2-1-3-6(8)4-5/h4-6,11-12,14,20H,7,9H2,1-3H3;2-5H,1H3,(H,10,11);1-4H. The fraction of sp³-hybridized carbons (Fsp3) is 0.333. The van der Waals surface area contributed by atoms with Crippen LogP contribution in [0.15, 0.2) is 60.8 Å². The van der Waals surface area contributed by atoms with Gasteiger partial charge in [-0.15, -0.1) is 0 Å². The van der Waals surface area contributed by atoms with Crippen LogP contribution in [-0.2, 0) is 9.53 Å². The number of benzene rings is 2. The summed E-state index contributed by atoms with van der Waals surface area (Å²) in [5.74, 6) is -1.54. The quantitative estimate of drug-likeness (QED) is 0.239. The Balaban J connectivity index is 0.000000239. The zero-order valence-electron chi connectivity index (χ0n) is 23.1. The van der Waals surface area contributed by atoms with Crippen molar-refractivity contribution in [1.29, 1.82) is 5.26 Å². The number of nitrogens with one attached hydrogen (secondary N) is 2. The number of carbonyl (C=O) groups excluding carboxylic acids is 2. The van der Waals surface area contributed by atoms with Crippen LogP contribution in [0.25, 0.3) is 0 Å². The van der Waals surface area contributed by atoms with Crippen LogP contribution in [0.1, 0.15) is 49.2 Å². The smallest absolute Gasteiger partial charge is 0.356 e. The molecule has 0 radical (unpaired) electrons. The van der Waals surface area contributed by atoms with Crippen molar-refractivity contribution in [2.45, 2.75) is 39.2 Å². The number of methoxy groups -OCH3 is 1. The molecular weight excluding hydrogens is 573 g/mol. The summed E-state index contributed by atoms with van der Waals surface area (Å²) in [6.45, 7) is 7.07. The first-order valence-electron chi connectivity index (χ1n) is 12.6. The van der Waals surface area contributed by atoms with Gasteiger partial charge in [-0.3, -0.25) is 4.79 Å². The average molecular weight is 606 g/mol. The zero-order valence-corrected chi connectivity index (χ0v) is 24.6. The lowest BCUT2D eigenvalue weighted by molar-refractivity contribution is -0.105. The molecule has 3 atom stereocenters. The predicted molar refractivity (Wildman–Crippen MR) is 156 cm³/mol. The van der Waals surface area contributed by atoms with Gasteiger partial charge in [-0.1, -0.05) is 62.2 Å². The molecule has 0 spiro atoms. The molecule has 1 aliphatic heterocycles. The third kappa shape index (κ3) is 10.7. The summed E-state index contributed by atoms with van der Waals surface area (Å²) in [6, 6.07) is 16.3. The van der Waals surface area contributed by atoms with Gasteiger partial charge in [0.05, 0.1) is 36.0 Å². The highest BCUT2D eigenvalue weighted by molar-refractivity contribution is 6.31. The van der Waals surface area contributed by atoms with Crippen LogP contribution in [0.3, 0.4) is 0 Å². The lowest BCUT2D eigenvalue weighted by atomic mass is 9.79. The third-order valence-electron chi connectivity index (χ3n) is 6.00. The number of amides is 1. The van der Waals surface area contributed by atoms with E-state index < -0.39 is 11.8 Å². The number of hydrogen-bond acceptors (Lipinski definition) is 6. The summed E-state index contributed by atoms with van der Waals surface area (Å²) in [5.41, 5.74) is 1.42. The van der Waals surface area contributed by atoms with Crippen LogP contribution in [0, 0.1) is 34.3 Å². The predicted octanol–water partition coefficient (Wildman–Crippen LogP) is 7.03. The van der Waals surface area contributed by atoms with Gasteiger partial charge in [0.1, 0.15) is 17.3 Å². The number of aromatic nitrogens is 1. The topological polar surface area (TPSA) is 104 Å². The maximum absolute atomic E-state index is 14.2. The van der Waals surface area contributed by atoms with Gasteiger partial charge < -0.3 is 15.4 Å². The fourth-order valence-corrected chi connectivity index (χ4v) is 4.55. The minimum Gasteiger partial charge on any atom is -0.464 e. The molecule has 0 bridgehead atoms. The molecule has 1 fully saturated rings. The number of ether oxygens (including phenoxy) is 1. The molecule has 4 rings (SSSR count). The number of hydrogen-bond donors (Lipinski definition) is 2. The van der Waals surface area contributed by atoms with Crippen molar-refractivity contribution in [1.82, 2.24) is 10.3 Å². The lowest BCUT2D eigenvalue weighted by Gasteiger charge is -2.26. The summed E-state index contributed by atoms with van der Waals surface area (Å²) < 4.78 is 30.7. The van der Waals surface area contributed by atoms with Gasteiger partial charge in [-0.2, -0.15) is 5.26 Å². The van der Waals surface area contributed by atoms with Gasteiger partial charge in [-0.25, -0.2) is 18.6 Å². The maximum atomic E-state index is 14.2. The van der Waals surface area contributed by atoms with E-state index in [0.717, 1.165) is 6.42 Å². The molecule has 3 aromatic rings. The summed E-state index contributed by atoms with van der Waals surface area (Å²) in [7, 11) is 1.28. The Hall–Kier alpha value is -3.58. The Labute approximate surface area is 248 Å².